The molecule has 2 aromatic rings. The number of carbonyl (C=O) groups excluding carboxylic acids is 2. The number of aryl methyl sites for hydroxylation is 1. The number of carboxylic acid groups (broad SMARTS) is 1. The van der Waals surface area contributed by atoms with Gasteiger partial charge in [0.2, 0.25) is 5.91 Å². The standard InChI is InChI=1S/C20H23N3O5/c24-18(25)14-22-19(26)17(13-16-5-2-1-3-6-16)23-20(27)28-12-4-7-15-8-10-21-11-9-15/h1-3,5-6,8-11,17H,4,7,12-14H2,(H,22,26)(H,23,27)(H,24,25)/t17-/m0/s1. The van der Waals surface area contributed by atoms with Crippen LogP contribution in [0.5, 0.6) is 0 Å². The van der Waals surface area contributed by atoms with E-state index in [1.54, 1.807) is 12.4 Å². The largest absolute Gasteiger partial charge is 0.480 e. The van der Waals surface area contributed by atoms with Gasteiger partial charge in [-0.25, -0.2) is 4.79 Å². The lowest BCUT2D eigenvalue weighted by atomic mass is 10.1. The fourth-order valence-electron chi connectivity index (χ4n) is 2.52. The Labute approximate surface area is 162 Å². The van der Waals surface area contributed by atoms with Crippen molar-refractivity contribution in [2.45, 2.75) is 25.3 Å². The zero-order chi connectivity index (χ0) is 20.2. The van der Waals surface area contributed by atoms with E-state index in [1.165, 1.54) is 0 Å². The Kier molecular flexibility index (Phi) is 8.45. The van der Waals surface area contributed by atoms with E-state index in [0.717, 1.165) is 17.5 Å². The number of benzene rings is 1. The Hall–Kier alpha value is -3.42. The quantitative estimate of drug-likeness (QED) is 0.534. The molecule has 2 amide bonds. The van der Waals surface area contributed by atoms with E-state index < -0.39 is 30.6 Å². The van der Waals surface area contributed by atoms with Crippen molar-refractivity contribution < 1.29 is 24.2 Å². The highest BCUT2D eigenvalue weighted by Crippen LogP contribution is 2.05. The summed E-state index contributed by atoms with van der Waals surface area (Å²) in [5.41, 5.74) is 1.92. The molecule has 0 aliphatic rings. The third kappa shape index (κ3) is 7.86. The van der Waals surface area contributed by atoms with E-state index >= 15 is 0 Å². The fraction of sp³-hybridized carbons (Fsp3) is 0.300. The minimum Gasteiger partial charge on any atom is -0.480 e. The number of pyridine rings is 1. The van der Waals surface area contributed by atoms with Gasteiger partial charge < -0.3 is 20.5 Å². The molecule has 3 N–H and O–H groups in total. The number of carboxylic acids is 1. The lowest BCUT2D eigenvalue weighted by Crippen LogP contribution is -2.49. The van der Waals surface area contributed by atoms with E-state index in [9.17, 15) is 14.4 Å². The van der Waals surface area contributed by atoms with Crippen LogP contribution in [-0.2, 0) is 27.2 Å². The van der Waals surface area contributed by atoms with Crippen LogP contribution in [0, 0.1) is 0 Å². The van der Waals surface area contributed by atoms with Gasteiger partial charge in [0.1, 0.15) is 12.6 Å². The molecular formula is C20H23N3O5. The molecule has 2 rings (SSSR count). The molecule has 0 unspecified atom stereocenters. The third-order valence-electron chi connectivity index (χ3n) is 3.90. The van der Waals surface area contributed by atoms with Gasteiger partial charge in [-0.15, -0.1) is 0 Å². The fourth-order valence-corrected chi connectivity index (χ4v) is 2.52. The molecule has 1 heterocycles. The number of nitrogens with one attached hydrogen (secondary N) is 2. The molecular weight excluding hydrogens is 362 g/mol. The molecule has 0 spiro atoms. The van der Waals surface area contributed by atoms with E-state index in [0.29, 0.717) is 6.42 Å². The Bertz CT molecular complexity index is 768. The smallest absolute Gasteiger partial charge is 0.407 e. The molecule has 1 atom stereocenters. The van der Waals surface area contributed by atoms with Gasteiger partial charge in [-0.2, -0.15) is 0 Å². The van der Waals surface area contributed by atoms with Gasteiger partial charge in [-0.3, -0.25) is 14.6 Å². The SMILES string of the molecule is O=C(O)CNC(=O)[C@H](Cc1ccccc1)NC(=O)OCCCc1ccncc1. The van der Waals surface area contributed by atoms with E-state index in [4.69, 9.17) is 9.84 Å². The first-order valence-corrected chi connectivity index (χ1v) is 8.90. The molecule has 0 aliphatic heterocycles. The Balaban J connectivity index is 1.84. The number of aliphatic carboxylic acids is 1. The summed E-state index contributed by atoms with van der Waals surface area (Å²) < 4.78 is 5.15. The number of hydrogen-bond acceptors (Lipinski definition) is 5. The first kappa shape index (κ1) is 20.9. The van der Waals surface area contributed by atoms with Crippen LogP contribution in [-0.4, -0.2) is 47.3 Å². The summed E-state index contributed by atoms with van der Waals surface area (Å²) in [5, 5.41) is 13.5. The zero-order valence-corrected chi connectivity index (χ0v) is 15.3. The molecule has 0 saturated heterocycles. The van der Waals surface area contributed by atoms with Crippen LogP contribution in [0.3, 0.4) is 0 Å². The van der Waals surface area contributed by atoms with Crippen LogP contribution < -0.4 is 10.6 Å². The van der Waals surface area contributed by atoms with Gasteiger partial charge in [-0.1, -0.05) is 30.3 Å². The maximum absolute atomic E-state index is 12.3. The number of amides is 2. The number of carbonyl (C=O) groups is 3. The van der Waals surface area contributed by atoms with Crippen molar-refractivity contribution in [3.05, 3.63) is 66.0 Å². The second-order valence-corrected chi connectivity index (χ2v) is 6.09. The van der Waals surface area contributed by atoms with E-state index in [2.05, 4.69) is 15.6 Å². The first-order chi connectivity index (χ1) is 13.5. The summed E-state index contributed by atoms with van der Waals surface area (Å²) in [6.45, 7) is -0.324. The van der Waals surface area contributed by atoms with Gasteiger partial charge in [-0.05, 0) is 36.1 Å². The van der Waals surface area contributed by atoms with E-state index in [-0.39, 0.29) is 13.0 Å². The molecule has 0 saturated carbocycles. The van der Waals surface area contributed by atoms with Crippen molar-refractivity contribution in [2.24, 2.45) is 0 Å². The molecule has 8 heteroatoms. The highest BCUT2D eigenvalue weighted by Gasteiger charge is 2.22. The van der Waals surface area contributed by atoms with Crippen molar-refractivity contribution in [2.75, 3.05) is 13.2 Å². The predicted molar refractivity (Wildman–Crippen MR) is 102 cm³/mol. The number of nitrogens with zero attached hydrogens (tertiary/aromatic N) is 1. The van der Waals surface area contributed by atoms with Crippen molar-refractivity contribution in [1.82, 2.24) is 15.6 Å². The zero-order valence-electron chi connectivity index (χ0n) is 15.3. The maximum Gasteiger partial charge on any atom is 0.407 e. The lowest BCUT2D eigenvalue weighted by Gasteiger charge is -2.18. The number of ether oxygens (including phenoxy) is 1. The van der Waals surface area contributed by atoms with Crippen LogP contribution in [0.2, 0.25) is 0 Å². The Morgan fingerprint density at radius 3 is 2.43 bits per heavy atom. The minimum absolute atomic E-state index is 0.197. The monoisotopic (exact) mass is 385 g/mol. The topological polar surface area (TPSA) is 118 Å². The molecule has 1 aromatic heterocycles. The van der Waals surface area contributed by atoms with Gasteiger partial charge in [0.05, 0.1) is 6.61 Å². The third-order valence-corrected chi connectivity index (χ3v) is 3.90. The normalized spacial score (nSPS) is 11.3. The Morgan fingerprint density at radius 1 is 1.04 bits per heavy atom. The number of hydrogen-bond donors (Lipinski definition) is 3. The van der Waals surface area contributed by atoms with Crippen molar-refractivity contribution in [3.63, 3.8) is 0 Å². The van der Waals surface area contributed by atoms with Crippen molar-refractivity contribution >= 4 is 18.0 Å². The highest BCUT2D eigenvalue weighted by atomic mass is 16.5. The average Bonchev–Trinajstić information content (AvgIpc) is 2.70. The van der Waals surface area contributed by atoms with Gasteiger partial charge >= 0.3 is 12.1 Å². The highest BCUT2D eigenvalue weighted by molar-refractivity contribution is 5.88. The van der Waals surface area contributed by atoms with Gasteiger partial charge in [0, 0.05) is 18.8 Å². The summed E-state index contributed by atoms with van der Waals surface area (Å²) >= 11 is 0. The van der Waals surface area contributed by atoms with Crippen LogP contribution in [0.4, 0.5) is 4.79 Å². The number of rotatable bonds is 10. The summed E-state index contributed by atoms with van der Waals surface area (Å²) in [7, 11) is 0. The van der Waals surface area contributed by atoms with Crippen LogP contribution in [0.1, 0.15) is 17.5 Å². The predicted octanol–water partition coefficient (Wildman–Crippen LogP) is 1.55. The van der Waals surface area contributed by atoms with Gasteiger partial charge in [0.25, 0.3) is 0 Å². The number of alkyl carbamates (subject to hydrolysis) is 1. The molecule has 1 aromatic carbocycles. The summed E-state index contributed by atoms with van der Waals surface area (Å²) in [6, 6.07) is 12.0. The molecule has 0 fully saturated rings. The summed E-state index contributed by atoms with van der Waals surface area (Å²) in [6.07, 6.45) is 4.27. The second-order valence-electron chi connectivity index (χ2n) is 6.09. The molecule has 0 bridgehead atoms. The first-order valence-electron chi connectivity index (χ1n) is 8.90. The second kappa shape index (κ2) is 11.3. The molecule has 28 heavy (non-hydrogen) atoms. The minimum atomic E-state index is -1.16. The van der Waals surface area contributed by atoms with Crippen LogP contribution in [0.15, 0.2) is 54.9 Å². The van der Waals surface area contributed by atoms with Crippen LogP contribution in [0.25, 0.3) is 0 Å². The number of aromatic nitrogens is 1. The lowest BCUT2D eigenvalue weighted by molar-refractivity contribution is -0.138. The molecule has 148 valence electrons. The maximum atomic E-state index is 12.3. The van der Waals surface area contributed by atoms with E-state index in [1.807, 2.05) is 42.5 Å². The molecule has 0 aliphatic carbocycles. The van der Waals surface area contributed by atoms with Crippen LogP contribution >= 0.6 is 0 Å². The van der Waals surface area contributed by atoms with Crippen molar-refractivity contribution in [3.8, 4) is 0 Å². The molecule has 8 nitrogen and oxygen atoms in total. The summed E-state index contributed by atoms with van der Waals surface area (Å²) in [4.78, 5) is 38.9. The summed E-state index contributed by atoms with van der Waals surface area (Å²) in [5.74, 6) is -1.74. The molecule has 0 radical (unpaired) electrons. The Morgan fingerprint density at radius 2 is 1.75 bits per heavy atom. The van der Waals surface area contributed by atoms with Crippen molar-refractivity contribution in [1.29, 1.82) is 0 Å². The van der Waals surface area contributed by atoms with Gasteiger partial charge in [0.15, 0.2) is 0 Å². The average molecular weight is 385 g/mol.